The fourth-order valence-electron chi connectivity index (χ4n) is 4.37. The van der Waals surface area contributed by atoms with E-state index in [4.69, 9.17) is 0 Å². The summed E-state index contributed by atoms with van der Waals surface area (Å²) >= 11 is 0. The molecule has 6 nitrogen and oxygen atoms in total. The third-order valence-electron chi connectivity index (χ3n) is 5.86. The molecule has 0 saturated carbocycles. The first kappa shape index (κ1) is 18.9. The summed E-state index contributed by atoms with van der Waals surface area (Å²) in [6.07, 6.45) is 10.2. The highest BCUT2D eigenvalue weighted by atomic mass is 16.2. The van der Waals surface area contributed by atoms with E-state index in [2.05, 4.69) is 12.0 Å². The van der Waals surface area contributed by atoms with Crippen LogP contribution in [0.1, 0.15) is 57.4 Å². The molecule has 0 aliphatic carbocycles. The average Bonchev–Trinajstić information content (AvgIpc) is 3.06. The first-order valence-electron chi connectivity index (χ1n) is 10.1. The van der Waals surface area contributed by atoms with E-state index < -0.39 is 0 Å². The smallest absolute Gasteiger partial charge is 0.224 e. The van der Waals surface area contributed by atoms with Crippen molar-refractivity contribution in [3.05, 3.63) is 18.0 Å². The molecule has 1 spiro atoms. The van der Waals surface area contributed by atoms with Crippen LogP contribution in [0.5, 0.6) is 0 Å². The van der Waals surface area contributed by atoms with Crippen LogP contribution in [-0.4, -0.2) is 57.6 Å². The second-order valence-electron chi connectivity index (χ2n) is 8.12. The van der Waals surface area contributed by atoms with Crippen LogP contribution in [0.2, 0.25) is 0 Å². The number of hydrogen-bond acceptors (Lipinski definition) is 3. The molecule has 144 valence electrons. The van der Waals surface area contributed by atoms with Gasteiger partial charge in [0.1, 0.15) is 0 Å². The van der Waals surface area contributed by atoms with Crippen molar-refractivity contribution in [1.82, 2.24) is 19.6 Å². The van der Waals surface area contributed by atoms with Gasteiger partial charge in [-0.2, -0.15) is 5.10 Å². The maximum absolute atomic E-state index is 12.7. The standard InChI is InChI=1S/C20H32N4O2/c1-3-4-10-22-15-20(9-6-18(22)25)8-5-11-23(16-20)19(26)7-12-24-14-17(2)13-21-24/h13-14H,3-12,15-16H2,1-2H3/t20-/m1/s1. The van der Waals surface area contributed by atoms with Crippen molar-refractivity contribution in [3.8, 4) is 0 Å². The van der Waals surface area contributed by atoms with Gasteiger partial charge < -0.3 is 9.80 Å². The Morgan fingerprint density at radius 2 is 2.12 bits per heavy atom. The second-order valence-corrected chi connectivity index (χ2v) is 8.12. The number of carbonyl (C=O) groups is 2. The number of aryl methyl sites for hydroxylation is 2. The summed E-state index contributed by atoms with van der Waals surface area (Å²) in [5.74, 6) is 0.510. The number of rotatable bonds is 6. The summed E-state index contributed by atoms with van der Waals surface area (Å²) in [4.78, 5) is 29.0. The van der Waals surface area contributed by atoms with E-state index in [1.807, 2.05) is 33.8 Å². The third-order valence-corrected chi connectivity index (χ3v) is 5.86. The summed E-state index contributed by atoms with van der Waals surface area (Å²) < 4.78 is 1.85. The Hall–Kier alpha value is -1.85. The maximum atomic E-state index is 12.7. The van der Waals surface area contributed by atoms with Gasteiger partial charge >= 0.3 is 0 Å². The lowest BCUT2D eigenvalue weighted by molar-refractivity contribution is -0.143. The van der Waals surface area contributed by atoms with Gasteiger partial charge in [-0.05, 0) is 38.2 Å². The highest BCUT2D eigenvalue weighted by Gasteiger charge is 2.42. The molecule has 2 aliphatic heterocycles. The number of piperidine rings is 2. The SMILES string of the molecule is CCCCN1C[C@@]2(CCCN(C(=O)CCn3cc(C)cn3)C2)CCC1=O. The quantitative estimate of drug-likeness (QED) is 0.783. The van der Waals surface area contributed by atoms with Crippen molar-refractivity contribution >= 4 is 11.8 Å². The summed E-state index contributed by atoms with van der Waals surface area (Å²) in [7, 11) is 0. The zero-order chi connectivity index (χ0) is 18.6. The van der Waals surface area contributed by atoms with Crippen molar-refractivity contribution < 1.29 is 9.59 Å². The van der Waals surface area contributed by atoms with Gasteiger partial charge in [0.05, 0.1) is 6.20 Å². The number of nitrogens with zero attached hydrogens (tertiary/aromatic N) is 4. The Kier molecular flexibility index (Phi) is 5.99. The Bertz CT molecular complexity index is 642. The van der Waals surface area contributed by atoms with Crippen LogP contribution < -0.4 is 0 Å². The average molecular weight is 361 g/mol. The van der Waals surface area contributed by atoms with Gasteiger partial charge in [-0.15, -0.1) is 0 Å². The second kappa shape index (κ2) is 8.23. The molecule has 2 aliphatic rings. The van der Waals surface area contributed by atoms with Crippen LogP contribution >= 0.6 is 0 Å². The fourth-order valence-corrected chi connectivity index (χ4v) is 4.37. The van der Waals surface area contributed by atoms with Crippen molar-refractivity contribution in [3.63, 3.8) is 0 Å². The molecule has 1 atom stereocenters. The first-order chi connectivity index (χ1) is 12.5. The summed E-state index contributed by atoms with van der Waals surface area (Å²) in [5, 5.41) is 4.26. The van der Waals surface area contributed by atoms with Crippen LogP contribution in [0.3, 0.4) is 0 Å². The Balaban J connectivity index is 1.57. The summed E-state index contributed by atoms with van der Waals surface area (Å²) in [6.45, 7) is 8.15. The molecule has 2 fully saturated rings. The van der Waals surface area contributed by atoms with Crippen LogP contribution in [0.15, 0.2) is 12.4 Å². The number of carbonyl (C=O) groups excluding carboxylic acids is 2. The van der Waals surface area contributed by atoms with Crippen LogP contribution in [0.4, 0.5) is 0 Å². The molecule has 1 aromatic heterocycles. The van der Waals surface area contributed by atoms with Crippen molar-refractivity contribution in [2.75, 3.05) is 26.2 Å². The molecular formula is C20H32N4O2. The lowest BCUT2D eigenvalue weighted by atomic mass is 9.73. The van der Waals surface area contributed by atoms with Crippen molar-refractivity contribution in [2.45, 2.75) is 65.3 Å². The zero-order valence-corrected chi connectivity index (χ0v) is 16.2. The molecular weight excluding hydrogens is 328 g/mol. The molecule has 1 aromatic rings. The summed E-state index contributed by atoms with van der Waals surface area (Å²) in [6, 6.07) is 0. The lowest BCUT2D eigenvalue weighted by Crippen LogP contribution is -2.55. The van der Waals surface area contributed by atoms with Crippen molar-refractivity contribution in [2.24, 2.45) is 5.41 Å². The predicted octanol–water partition coefficient (Wildman–Crippen LogP) is 2.61. The predicted molar refractivity (Wildman–Crippen MR) is 101 cm³/mol. The van der Waals surface area contributed by atoms with Gasteiger partial charge in [0.15, 0.2) is 0 Å². The van der Waals surface area contributed by atoms with E-state index in [1.54, 1.807) is 0 Å². The minimum absolute atomic E-state index is 0.109. The molecule has 3 rings (SSSR count). The molecule has 0 radical (unpaired) electrons. The minimum Gasteiger partial charge on any atom is -0.342 e. The first-order valence-corrected chi connectivity index (χ1v) is 10.1. The molecule has 3 heterocycles. The van der Waals surface area contributed by atoms with E-state index >= 15 is 0 Å². The van der Waals surface area contributed by atoms with E-state index in [9.17, 15) is 9.59 Å². The lowest BCUT2D eigenvalue weighted by Gasteiger charge is -2.48. The van der Waals surface area contributed by atoms with Gasteiger partial charge in [0, 0.05) is 57.2 Å². The Morgan fingerprint density at radius 1 is 1.27 bits per heavy atom. The molecule has 0 unspecified atom stereocenters. The number of aromatic nitrogens is 2. The number of unbranched alkanes of at least 4 members (excludes halogenated alkanes) is 1. The van der Waals surface area contributed by atoms with E-state index in [0.717, 1.165) is 63.8 Å². The van der Waals surface area contributed by atoms with Gasteiger partial charge in [-0.1, -0.05) is 13.3 Å². The molecule has 2 amide bonds. The number of amides is 2. The third kappa shape index (κ3) is 4.46. The van der Waals surface area contributed by atoms with Crippen LogP contribution in [0.25, 0.3) is 0 Å². The number of likely N-dealkylation sites (tertiary alicyclic amines) is 2. The maximum Gasteiger partial charge on any atom is 0.224 e. The molecule has 0 aromatic carbocycles. The molecule has 6 heteroatoms. The largest absolute Gasteiger partial charge is 0.342 e. The molecule has 0 bridgehead atoms. The molecule has 2 saturated heterocycles. The highest BCUT2D eigenvalue weighted by Crippen LogP contribution is 2.39. The van der Waals surface area contributed by atoms with Gasteiger partial charge in [-0.25, -0.2) is 0 Å². The van der Waals surface area contributed by atoms with Gasteiger partial charge in [0.2, 0.25) is 11.8 Å². The topological polar surface area (TPSA) is 58.4 Å². The zero-order valence-electron chi connectivity index (χ0n) is 16.2. The molecule has 0 N–H and O–H groups in total. The summed E-state index contributed by atoms with van der Waals surface area (Å²) in [5.41, 5.74) is 1.23. The van der Waals surface area contributed by atoms with E-state index in [0.29, 0.717) is 25.3 Å². The van der Waals surface area contributed by atoms with Crippen LogP contribution in [-0.2, 0) is 16.1 Å². The molecule has 26 heavy (non-hydrogen) atoms. The minimum atomic E-state index is 0.109. The monoisotopic (exact) mass is 360 g/mol. The van der Waals surface area contributed by atoms with Gasteiger partial charge in [-0.3, -0.25) is 14.3 Å². The van der Waals surface area contributed by atoms with E-state index in [1.165, 1.54) is 0 Å². The normalized spacial score (nSPS) is 23.7. The fraction of sp³-hybridized carbons (Fsp3) is 0.750. The Labute approximate surface area is 156 Å². The Morgan fingerprint density at radius 3 is 2.85 bits per heavy atom. The van der Waals surface area contributed by atoms with Crippen LogP contribution in [0, 0.1) is 12.3 Å². The highest BCUT2D eigenvalue weighted by molar-refractivity contribution is 5.78. The van der Waals surface area contributed by atoms with Crippen molar-refractivity contribution in [1.29, 1.82) is 0 Å². The number of hydrogen-bond donors (Lipinski definition) is 0. The van der Waals surface area contributed by atoms with Gasteiger partial charge in [0.25, 0.3) is 0 Å². The van der Waals surface area contributed by atoms with E-state index in [-0.39, 0.29) is 11.3 Å².